The number of aromatic nitrogens is 1. The predicted molar refractivity (Wildman–Crippen MR) is 119 cm³/mol. The molecular formula is C25H22N2O4. The third kappa shape index (κ3) is 2.68. The normalized spacial score (nSPS) is 15.4. The number of para-hydroxylation sites is 2. The molecule has 1 N–H and O–H groups in total. The monoisotopic (exact) mass is 414 g/mol. The van der Waals surface area contributed by atoms with Crippen LogP contribution >= 0.6 is 0 Å². The molecule has 2 heterocycles. The zero-order valence-corrected chi connectivity index (χ0v) is 17.5. The summed E-state index contributed by atoms with van der Waals surface area (Å²) in [4.78, 5) is 15.5. The summed E-state index contributed by atoms with van der Waals surface area (Å²) in [5.74, 6) is 0.987. The Morgan fingerprint density at radius 1 is 0.903 bits per heavy atom. The number of aromatic hydroxyl groups is 1. The number of rotatable bonds is 4. The molecule has 4 aromatic rings. The minimum absolute atomic E-state index is 0.0297. The van der Waals surface area contributed by atoms with Gasteiger partial charge in [-0.25, -0.2) is 0 Å². The molecule has 31 heavy (non-hydrogen) atoms. The standard InChI is InChI=1S/C25H22N2O4/c1-26-19-9-5-4-7-17(19)21-22(18-8-6-10-20(31-3)24(18)28)27(25(29)23(21)26)15-11-13-16(30-2)14-12-15/h4-14,22,28H,1-3H3/t22-/m1/s1. The molecule has 0 radical (unpaired) electrons. The molecule has 6 nitrogen and oxygen atoms in total. The van der Waals surface area contributed by atoms with Gasteiger partial charge in [-0.2, -0.15) is 0 Å². The molecule has 3 aromatic carbocycles. The molecule has 0 saturated heterocycles. The highest BCUT2D eigenvalue weighted by Crippen LogP contribution is 2.49. The molecule has 0 saturated carbocycles. The van der Waals surface area contributed by atoms with Crippen LogP contribution in [0.2, 0.25) is 0 Å². The second kappa shape index (κ2) is 7.09. The number of benzene rings is 3. The first-order valence-electron chi connectivity index (χ1n) is 9.97. The van der Waals surface area contributed by atoms with E-state index in [2.05, 4.69) is 0 Å². The van der Waals surface area contributed by atoms with Crippen LogP contribution in [0.4, 0.5) is 5.69 Å². The summed E-state index contributed by atoms with van der Waals surface area (Å²) in [5.41, 5.74) is 3.80. The minimum Gasteiger partial charge on any atom is -0.504 e. The summed E-state index contributed by atoms with van der Waals surface area (Å²) in [6, 6.07) is 20.2. The molecule has 1 aliphatic heterocycles. The van der Waals surface area contributed by atoms with Crippen LogP contribution in [0.1, 0.15) is 27.7 Å². The largest absolute Gasteiger partial charge is 0.504 e. The Kier molecular flexibility index (Phi) is 4.36. The van der Waals surface area contributed by atoms with Crippen molar-refractivity contribution in [3.05, 3.63) is 83.6 Å². The smallest absolute Gasteiger partial charge is 0.276 e. The number of phenolic OH excluding ortho intramolecular Hbond substituents is 1. The Labute approximate surface area is 179 Å². The van der Waals surface area contributed by atoms with E-state index in [9.17, 15) is 9.90 Å². The first kappa shape index (κ1) is 19.1. The first-order valence-corrected chi connectivity index (χ1v) is 9.97. The summed E-state index contributed by atoms with van der Waals surface area (Å²) in [6.07, 6.45) is 0. The van der Waals surface area contributed by atoms with Gasteiger partial charge in [0.1, 0.15) is 11.4 Å². The molecule has 5 rings (SSSR count). The van der Waals surface area contributed by atoms with Crippen molar-refractivity contribution in [1.29, 1.82) is 0 Å². The van der Waals surface area contributed by atoms with Crippen molar-refractivity contribution >= 4 is 22.5 Å². The fraction of sp³-hybridized carbons (Fsp3) is 0.160. The van der Waals surface area contributed by atoms with Crippen LogP contribution in [-0.2, 0) is 7.05 Å². The number of carbonyl (C=O) groups is 1. The molecule has 156 valence electrons. The van der Waals surface area contributed by atoms with E-state index in [-0.39, 0.29) is 11.7 Å². The van der Waals surface area contributed by atoms with Gasteiger partial charge in [-0.05, 0) is 36.4 Å². The lowest BCUT2D eigenvalue weighted by Gasteiger charge is -2.27. The number of fused-ring (bicyclic) bond motifs is 3. The highest BCUT2D eigenvalue weighted by Gasteiger charge is 2.44. The lowest BCUT2D eigenvalue weighted by molar-refractivity contribution is 0.0986. The van der Waals surface area contributed by atoms with Gasteiger partial charge in [-0.1, -0.05) is 30.3 Å². The Morgan fingerprint density at radius 2 is 1.65 bits per heavy atom. The minimum atomic E-state index is -0.503. The summed E-state index contributed by atoms with van der Waals surface area (Å²) >= 11 is 0. The molecular weight excluding hydrogens is 392 g/mol. The maximum atomic E-state index is 13.8. The van der Waals surface area contributed by atoms with Crippen molar-refractivity contribution in [2.75, 3.05) is 19.1 Å². The summed E-state index contributed by atoms with van der Waals surface area (Å²) in [5, 5.41) is 12.0. The number of hydrogen-bond acceptors (Lipinski definition) is 4. The molecule has 6 heteroatoms. The van der Waals surface area contributed by atoms with E-state index >= 15 is 0 Å². The highest BCUT2D eigenvalue weighted by molar-refractivity contribution is 6.15. The Bertz CT molecular complexity index is 1310. The van der Waals surface area contributed by atoms with Crippen molar-refractivity contribution < 1.29 is 19.4 Å². The van der Waals surface area contributed by atoms with Crippen molar-refractivity contribution in [3.63, 3.8) is 0 Å². The topological polar surface area (TPSA) is 63.9 Å². The average molecular weight is 414 g/mol. The van der Waals surface area contributed by atoms with E-state index in [0.29, 0.717) is 22.8 Å². The Balaban J connectivity index is 1.80. The zero-order chi connectivity index (χ0) is 21.7. The second-order valence-electron chi connectivity index (χ2n) is 7.51. The van der Waals surface area contributed by atoms with Crippen molar-refractivity contribution in [2.45, 2.75) is 6.04 Å². The third-order valence-electron chi connectivity index (χ3n) is 5.99. The molecule has 0 fully saturated rings. The number of nitrogens with zero attached hydrogens (tertiary/aromatic N) is 2. The van der Waals surface area contributed by atoms with Gasteiger partial charge in [0, 0.05) is 34.8 Å². The number of phenols is 1. The Morgan fingerprint density at radius 3 is 2.35 bits per heavy atom. The summed E-state index contributed by atoms with van der Waals surface area (Å²) in [6.45, 7) is 0. The van der Waals surface area contributed by atoms with Crippen LogP contribution in [0.15, 0.2) is 66.7 Å². The van der Waals surface area contributed by atoms with Crippen molar-refractivity contribution in [1.82, 2.24) is 4.57 Å². The van der Waals surface area contributed by atoms with E-state index in [1.54, 1.807) is 18.1 Å². The predicted octanol–water partition coefficient (Wildman–Crippen LogP) is 4.65. The van der Waals surface area contributed by atoms with Gasteiger partial charge < -0.3 is 19.1 Å². The van der Waals surface area contributed by atoms with Gasteiger partial charge in [0.2, 0.25) is 0 Å². The zero-order valence-electron chi connectivity index (χ0n) is 17.5. The maximum Gasteiger partial charge on any atom is 0.276 e. The SMILES string of the molecule is COc1ccc(N2C(=O)c3c(c4ccccc4n3C)[C@H]2c2cccc(OC)c2O)cc1. The van der Waals surface area contributed by atoms with Crippen LogP contribution in [0.3, 0.4) is 0 Å². The Hall–Kier alpha value is -3.93. The van der Waals surface area contributed by atoms with Gasteiger partial charge in [-0.15, -0.1) is 0 Å². The van der Waals surface area contributed by atoms with E-state index < -0.39 is 6.04 Å². The number of carbonyl (C=O) groups excluding carboxylic acids is 1. The highest BCUT2D eigenvalue weighted by atomic mass is 16.5. The van der Waals surface area contributed by atoms with E-state index in [1.165, 1.54) is 7.11 Å². The van der Waals surface area contributed by atoms with E-state index in [4.69, 9.17) is 9.47 Å². The fourth-order valence-electron chi connectivity index (χ4n) is 4.55. The molecule has 1 aromatic heterocycles. The van der Waals surface area contributed by atoms with Gasteiger partial charge in [0.25, 0.3) is 5.91 Å². The number of methoxy groups -OCH3 is 2. The summed E-state index contributed by atoms with van der Waals surface area (Å²) < 4.78 is 12.6. The average Bonchev–Trinajstić information content (AvgIpc) is 3.27. The van der Waals surface area contributed by atoms with Crippen LogP contribution < -0.4 is 14.4 Å². The van der Waals surface area contributed by atoms with Gasteiger partial charge in [0.15, 0.2) is 11.5 Å². The summed E-state index contributed by atoms with van der Waals surface area (Å²) in [7, 11) is 5.03. The van der Waals surface area contributed by atoms with Crippen LogP contribution in [0.5, 0.6) is 17.2 Å². The number of aryl methyl sites for hydroxylation is 1. The lowest BCUT2D eigenvalue weighted by atomic mass is 9.96. The van der Waals surface area contributed by atoms with Crippen LogP contribution in [0.25, 0.3) is 10.9 Å². The van der Waals surface area contributed by atoms with E-state index in [0.717, 1.165) is 22.2 Å². The second-order valence-corrected chi connectivity index (χ2v) is 7.51. The number of anilines is 1. The number of ether oxygens (including phenoxy) is 2. The molecule has 0 aliphatic carbocycles. The molecule has 0 spiro atoms. The van der Waals surface area contributed by atoms with Gasteiger partial charge >= 0.3 is 0 Å². The van der Waals surface area contributed by atoms with E-state index in [1.807, 2.05) is 72.3 Å². The van der Waals surface area contributed by atoms with Crippen molar-refractivity contribution in [3.8, 4) is 17.2 Å². The fourth-order valence-corrected chi connectivity index (χ4v) is 4.55. The first-order chi connectivity index (χ1) is 15.1. The van der Waals surface area contributed by atoms with Gasteiger partial charge in [-0.3, -0.25) is 9.69 Å². The van der Waals surface area contributed by atoms with Crippen LogP contribution in [-0.4, -0.2) is 29.8 Å². The van der Waals surface area contributed by atoms with Crippen molar-refractivity contribution in [2.24, 2.45) is 7.05 Å². The number of amides is 1. The number of hydrogen-bond donors (Lipinski definition) is 1. The van der Waals surface area contributed by atoms with Gasteiger partial charge in [0.05, 0.1) is 20.3 Å². The molecule has 1 aliphatic rings. The molecule has 0 bridgehead atoms. The lowest BCUT2D eigenvalue weighted by Crippen LogP contribution is -2.29. The van der Waals surface area contributed by atoms with Crippen LogP contribution in [0, 0.1) is 0 Å². The third-order valence-corrected chi connectivity index (χ3v) is 5.99. The maximum absolute atomic E-state index is 13.8. The molecule has 0 unspecified atom stereocenters. The molecule has 1 atom stereocenters. The molecule has 1 amide bonds. The quantitative estimate of drug-likeness (QED) is 0.528.